The molecule has 4 aromatic carbocycles. The van der Waals surface area contributed by atoms with Gasteiger partial charge in [-0.2, -0.15) is 0 Å². The minimum atomic E-state index is -1.08. The van der Waals surface area contributed by atoms with Crippen molar-refractivity contribution in [2.24, 2.45) is 5.92 Å². The molecule has 4 aromatic rings. The van der Waals surface area contributed by atoms with Crippen LogP contribution in [0.3, 0.4) is 0 Å². The van der Waals surface area contributed by atoms with E-state index >= 15 is 0 Å². The summed E-state index contributed by atoms with van der Waals surface area (Å²) in [5.41, 5.74) is 4.58. The Hall–Kier alpha value is -6.97. The highest BCUT2D eigenvalue weighted by atomic mass is 16.7. The maximum absolute atomic E-state index is 13.5. The van der Waals surface area contributed by atoms with Gasteiger partial charge in [0.15, 0.2) is 0 Å². The van der Waals surface area contributed by atoms with E-state index in [1.165, 1.54) is 43.1 Å². The number of hydrogen-bond donors (Lipinski definition) is 3. The number of carbonyl (C=O) groups is 5. The van der Waals surface area contributed by atoms with Crippen molar-refractivity contribution >= 4 is 41.5 Å². The number of amides is 4. The highest BCUT2D eigenvalue weighted by Gasteiger charge is 2.31. The molecule has 16 heteroatoms. The third-order valence-electron chi connectivity index (χ3n) is 9.50. The monoisotopic (exact) mass is 823 g/mol. The number of fused-ring (bicyclic) bond motifs is 3. The lowest BCUT2D eigenvalue weighted by molar-refractivity contribution is -0.384. The van der Waals surface area contributed by atoms with Crippen molar-refractivity contribution in [3.05, 3.63) is 123 Å². The Balaban J connectivity index is 1.20. The standard InChI is InChI=1S/C44H49N5O11/c1-26(2)38(47-41(52)57-25-37-35-14-10-8-12-33(35)34-13-9-11-15-36(34)37)40(51)45-27(3)39(50)46-30-17-16-28(29(22-30)23-48(7)42(53)60-44(4,5)6)24-58-43(54)59-32-20-18-31(19-21-32)49(55)56/h8-22,26-27,37-38H,23-25H2,1-7H3,(H,45,51)(H,46,50)(H,47,52)/t27-,38-/m0/s1. The summed E-state index contributed by atoms with van der Waals surface area (Å²) in [6.45, 7) is 9.95. The lowest BCUT2D eigenvalue weighted by Gasteiger charge is -2.25. The highest BCUT2D eigenvalue weighted by molar-refractivity contribution is 5.98. The molecule has 0 aromatic heterocycles. The van der Waals surface area contributed by atoms with Gasteiger partial charge in [-0.15, -0.1) is 0 Å². The molecule has 3 N–H and O–H groups in total. The highest BCUT2D eigenvalue weighted by Crippen LogP contribution is 2.44. The molecule has 1 aliphatic carbocycles. The number of nitro groups is 1. The SMILES string of the molecule is CC(C)[C@H](NC(=O)OCC1c2ccccc2-c2ccccc21)C(=O)N[C@@H](C)C(=O)Nc1ccc(COC(=O)Oc2ccc([N+](=O)[O-])cc2)c(CN(C)C(=O)OC(C)(C)C)c1. The average molecular weight is 824 g/mol. The summed E-state index contributed by atoms with van der Waals surface area (Å²) < 4.78 is 21.6. The number of non-ortho nitro benzene ring substituents is 1. The number of ether oxygens (including phenoxy) is 4. The molecule has 4 amide bonds. The topological polar surface area (TPSA) is 205 Å². The number of hydrogen-bond acceptors (Lipinski definition) is 11. The zero-order chi connectivity index (χ0) is 43.7. The van der Waals surface area contributed by atoms with Crippen LogP contribution in [0.5, 0.6) is 5.75 Å². The number of benzene rings is 4. The zero-order valence-corrected chi connectivity index (χ0v) is 34.5. The van der Waals surface area contributed by atoms with E-state index in [2.05, 4.69) is 16.0 Å². The van der Waals surface area contributed by atoms with Crippen molar-refractivity contribution in [2.75, 3.05) is 19.0 Å². The van der Waals surface area contributed by atoms with Gasteiger partial charge in [-0.3, -0.25) is 19.7 Å². The quantitative estimate of drug-likeness (QED) is 0.0370. The van der Waals surface area contributed by atoms with Crippen LogP contribution in [0.25, 0.3) is 11.1 Å². The van der Waals surface area contributed by atoms with Crippen LogP contribution in [0, 0.1) is 16.0 Å². The number of nitro benzene ring substituents is 1. The molecule has 1 aliphatic rings. The van der Waals surface area contributed by atoms with E-state index in [0.29, 0.717) is 16.8 Å². The van der Waals surface area contributed by atoms with Gasteiger partial charge in [-0.25, -0.2) is 14.4 Å². The van der Waals surface area contributed by atoms with Crippen LogP contribution in [0.15, 0.2) is 91.0 Å². The zero-order valence-electron chi connectivity index (χ0n) is 34.5. The Morgan fingerprint density at radius 2 is 1.42 bits per heavy atom. The third kappa shape index (κ3) is 11.6. The lowest BCUT2D eigenvalue weighted by Crippen LogP contribution is -2.53. The van der Waals surface area contributed by atoms with Gasteiger partial charge in [0.25, 0.3) is 5.69 Å². The van der Waals surface area contributed by atoms with Gasteiger partial charge in [0.05, 0.1) is 4.92 Å². The van der Waals surface area contributed by atoms with E-state index in [1.807, 2.05) is 48.5 Å². The molecule has 0 bridgehead atoms. The summed E-state index contributed by atoms with van der Waals surface area (Å²) >= 11 is 0. The van der Waals surface area contributed by atoms with Crippen LogP contribution in [0.1, 0.15) is 69.7 Å². The maximum Gasteiger partial charge on any atom is 0.514 e. The summed E-state index contributed by atoms with van der Waals surface area (Å²) in [5, 5.41) is 19.0. The largest absolute Gasteiger partial charge is 0.514 e. The van der Waals surface area contributed by atoms with Crippen molar-refractivity contribution < 1.29 is 47.8 Å². The second-order valence-electron chi connectivity index (χ2n) is 15.6. The molecule has 0 unspecified atom stereocenters. The first-order chi connectivity index (χ1) is 28.4. The molecule has 316 valence electrons. The fourth-order valence-electron chi connectivity index (χ4n) is 6.47. The van der Waals surface area contributed by atoms with Crippen molar-refractivity contribution in [3.8, 4) is 16.9 Å². The molecule has 60 heavy (non-hydrogen) atoms. The summed E-state index contributed by atoms with van der Waals surface area (Å²) in [6, 6.07) is 23.4. The van der Waals surface area contributed by atoms with Gasteiger partial charge in [0.2, 0.25) is 11.8 Å². The predicted octanol–water partition coefficient (Wildman–Crippen LogP) is 7.68. The van der Waals surface area contributed by atoms with Gasteiger partial charge in [-0.05, 0) is 91.3 Å². The van der Waals surface area contributed by atoms with Crippen molar-refractivity contribution in [3.63, 3.8) is 0 Å². The molecular weight excluding hydrogens is 775 g/mol. The molecule has 0 spiro atoms. The summed E-state index contributed by atoms with van der Waals surface area (Å²) in [4.78, 5) is 76.9. The number of nitrogens with one attached hydrogen (secondary N) is 3. The average Bonchev–Trinajstić information content (AvgIpc) is 3.51. The molecule has 0 aliphatic heterocycles. The minimum Gasteiger partial charge on any atom is -0.449 e. The number of carbonyl (C=O) groups excluding carboxylic acids is 5. The minimum absolute atomic E-state index is 0.0153. The molecule has 0 fully saturated rings. The van der Waals surface area contributed by atoms with Crippen molar-refractivity contribution in [1.29, 1.82) is 0 Å². The van der Waals surface area contributed by atoms with Crippen LogP contribution in [0.4, 0.5) is 25.8 Å². The van der Waals surface area contributed by atoms with Crippen molar-refractivity contribution in [2.45, 2.75) is 78.3 Å². The number of nitrogens with zero attached hydrogens (tertiary/aromatic N) is 2. The number of anilines is 1. The first-order valence-electron chi connectivity index (χ1n) is 19.3. The summed E-state index contributed by atoms with van der Waals surface area (Å²) in [5.74, 6) is -1.65. The smallest absolute Gasteiger partial charge is 0.449 e. The molecule has 0 saturated carbocycles. The van der Waals surface area contributed by atoms with Crippen LogP contribution in [-0.2, 0) is 37.0 Å². The first kappa shape index (κ1) is 44.1. The molecular formula is C44H49N5O11. The Morgan fingerprint density at radius 3 is 2.00 bits per heavy atom. The second kappa shape index (κ2) is 19.2. The molecule has 0 radical (unpaired) electrons. The Morgan fingerprint density at radius 1 is 0.800 bits per heavy atom. The van der Waals surface area contributed by atoms with Crippen LogP contribution in [0.2, 0.25) is 0 Å². The second-order valence-corrected chi connectivity index (χ2v) is 15.6. The van der Waals surface area contributed by atoms with Gasteiger partial charge >= 0.3 is 18.3 Å². The molecule has 0 heterocycles. The fraction of sp³-hybridized carbons (Fsp3) is 0.341. The number of rotatable bonds is 14. The third-order valence-corrected chi connectivity index (χ3v) is 9.50. The molecule has 16 nitrogen and oxygen atoms in total. The Labute approximate surface area is 347 Å². The van der Waals surface area contributed by atoms with E-state index < -0.39 is 52.8 Å². The van der Waals surface area contributed by atoms with Crippen LogP contribution < -0.4 is 20.7 Å². The van der Waals surface area contributed by atoms with E-state index in [-0.39, 0.29) is 43.0 Å². The maximum atomic E-state index is 13.5. The van der Waals surface area contributed by atoms with E-state index in [9.17, 15) is 34.1 Å². The van der Waals surface area contributed by atoms with Crippen molar-refractivity contribution in [1.82, 2.24) is 15.5 Å². The van der Waals surface area contributed by atoms with E-state index in [0.717, 1.165) is 22.3 Å². The van der Waals surface area contributed by atoms with E-state index in [1.54, 1.807) is 52.8 Å². The number of alkyl carbamates (subject to hydrolysis) is 1. The lowest BCUT2D eigenvalue weighted by atomic mass is 9.98. The van der Waals surface area contributed by atoms with E-state index in [4.69, 9.17) is 18.9 Å². The predicted molar refractivity (Wildman–Crippen MR) is 221 cm³/mol. The van der Waals surface area contributed by atoms with Gasteiger partial charge in [-0.1, -0.05) is 68.4 Å². The summed E-state index contributed by atoms with van der Waals surface area (Å²) in [6.07, 6.45) is -2.47. The fourth-order valence-corrected chi connectivity index (χ4v) is 6.47. The van der Waals surface area contributed by atoms with Gasteiger partial charge in [0, 0.05) is 37.3 Å². The molecule has 5 rings (SSSR count). The summed E-state index contributed by atoms with van der Waals surface area (Å²) in [7, 11) is 1.52. The van der Waals surface area contributed by atoms with Crippen LogP contribution >= 0.6 is 0 Å². The normalized spacial score (nSPS) is 12.9. The van der Waals surface area contributed by atoms with Gasteiger partial charge < -0.3 is 39.8 Å². The Kier molecular flexibility index (Phi) is 14.1. The van der Waals surface area contributed by atoms with Gasteiger partial charge in [0.1, 0.15) is 36.6 Å². The van der Waals surface area contributed by atoms with Crippen LogP contribution in [-0.4, -0.2) is 71.3 Å². The Bertz CT molecular complexity index is 2190. The molecule has 0 saturated heterocycles. The molecule has 2 atom stereocenters. The first-order valence-corrected chi connectivity index (χ1v) is 19.3.